The largest absolute Gasteiger partial charge is 0.481 e. The molecule has 1 saturated carbocycles. The lowest BCUT2D eigenvalue weighted by Gasteiger charge is -2.29. The highest BCUT2D eigenvalue weighted by Gasteiger charge is 2.26. The molecule has 17 heavy (non-hydrogen) atoms. The highest BCUT2D eigenvalue weighted by atomic mass is 16.4. The van der Waals surface area contributed by atoms with Gasteiger partial charge in [0.1, 0.15) is 0 Å². The molecular formula is C14H27NO2. The minimum Gasteiger partial charge on any atom is -0.481 e. The number of carboxylic acids is 1. The van der Waals surface area contributed by atoms with Gasteiger partial charge in [0.25, 0.3) is 0 Å². The topological polar surface area (TPSA) is 49.3 Å². The summed E-state index contributed by atoms with van der Waals surface area (Å²) in [6.45, 7) is 7.78. The first-order valence-corrected chi connectivity index (χ1v) is 7.00. The molecule has 0 aromatic heterocycles. The Kier molecular flexibility index (Phi) is 5.96. The zero-order valence-electron chi connectivity index (χ0n) is 11.4. The van der Waals surface area contributed by atoms with Crippen LogP contribution in [0.15, 0.2) is 0 Å². The van der Waals surface area contributed by atoms with Gasteiger partial charge in [-0.15, -0.1) is 0 Å². The van der Waals surface area contributed by atoms with Gasteiger partial charge in [0, 0.05) is 6.04 Å². The summed E-state index contributed by atoms with van der Waals surface area (Å²) in [5, 5.41) is 12.6. The van der Waals surface area contributed by atoms with E-state index in [4.69, 9.17) is 5.11 Å². The maximum Gasteiger partial charge on any atom is 0.306 e. The van der Waals surface area contributed by atoms with Gasteiger partial charge in [-0.1, -0.05) is 20.8 Å². The van der Waals surface area contributed by atoms with Crippen molar-refractivity contribution >= 4 is 5.97 Å². The molecule has 3 nitrogen and oxygen atoms in total. The van der Waals surface area contributed by atoms with Gasteiger partial charge in [-0.05, 0) is 50.5 Å². The van der Waals surface area contributed by atoms with E-state index in [1.807, 2.05) is 0 Å². The van der Waals surface area contributed by atoms with Crippen molar-refractivity contribution in [2.75, 3.05) is 6.54 Å². The van der Waals surface area contributed by atoms with Crippen molar-refractivity contribution in [3.63, 3.8) is 0 Å². The Morgan fingerprint density at radius 3 is 2.29 bits per heavy atom. The van der Waals surface area contributed by atoms with Gasteiger partial charge >= 0.3 is 5.97 Å². The summed E-state index contributed by atoms with van der Waals surface area (Å²) < 4.78 is 0. The van der Waals surface area contributed by atoms with E-state index in [2.05, 4.69) is 26.1 Å². The number of carboxylic acid groups (broad SMARTS) is 1. The van der Waals surface area contributed by atoms with E-state index in [0.29, 0.717) is 17.9 Å². The summed E-state index contributed by atoms with van der Waals surface area (Å²) in [6.07, 6.45) is 5.03. The fourth-order valence-corrected chi connectivity index (χ4v) is 2.78. The van der Waals surface area contributed by atoms with Crippen LogP contribution in [0.2, 0.25) is 0 Å². The molecule has 3 heteroatoms. The molecule has 1 aliphatic carbocycles. The maximum atomic E-state index is 10.8. The third kappa shape index (κ3) is 4.66. The molecule has 0 radical (unpaired) electrons. The smallest absolute Gasteiger partial charge is 0.306 e. The summed E-state index contributed by atoms with van der Waals surface area (Å²) in [7, 11) is 0. The molecule has 0 bridgehead atoms. The number of rotatable bonds is 6. The van der Waals surface area contributed by atoms with Crippen molar-refractivity contribution in [2.24, 2.45) is 17.8 Å². The summed E-state index contributed by atoms with van der Waals surface area (Å²) in [5.41, 5.74) is 0. The van der Waals surface area contributed by atoms with Gasteiger partial charge in [-0.25, -0.2) is 0 Å². The molecule has 100 valence electrons. The molecule has 0 heterocycles. The molecule has 1 rings (SSSR count). The summed E-state index contributed by atoms with van der Waals surface area (Å²) in [4.78, 5) is 10.8. The molecule has 0 amide bonds. The standard InChI is InChI=1S/C14H27NO2/c1-4-13(10(2)3)15-9-11-5-7-12(8-6-11)14(16)17/h10-13,15H,4-9H2,1-3H3,(H,16,17). The molecule has 0 aromatic rings. The van der Waals surface area contributed by atoms with Gasteiger partial charge in [0.05, 0.1) is 5.92 Å². The van der Waals surface area contributed by atoms with Crippen molar-refractivity contribution in [2.45, 2.75) is 58.9 Å². The number of aliphatic carboxylic acids is 1. The third-order valence-corrected chi connectivity index (χ3v) is 4.11. The van der Waals surface area contributed by atoms with Gasteiger partial charge < -0.3 is 10.4 Å². The van der Waals surface area contributed by atoms with E-state index in [1.54, 1.807) is 0 Å². The first-order chi connectivity index (χ1) is 8.04. The predicted octanol–water partition coefficient (Wildman–Crippen LogP) is 2.90. The van der Waals surface area contributed by atoms with Crippen LogP contribution in [-0.2, 0) is 4.79 Å². The second-order valence-electron chi connectivity index (χ2n) is 5.72. The zero-order chi connectivity index (χ0) is 12.8. The number of hydrogen-bond acceptors (Lipinski definition) is 2. The van der Waals surface area contributed by atoms with E-state index < -0.39 is 5.97 Å². The predicted molar refractivity (Wildman–Crippen MR) is 70.0 cm³/mol. The van der Waals surface area contributed by atoms with E-state index >= 15 is 0 Å². The molecule has 1 aliphatic rings. The van der Waals surface area contributed by atoms with Crippen LogP contribution in [0.5, 0.6) is 0 Å². The summed E-state index contributed by atoms with van der Waals surface area (Å²) in [5.74, 6) is 0.664. The van der Waals surface area contributed by atoms with Gasteiger partial charge in [0.15, 0.2) is 0 Å². The van der Waals surface area contributed by atoms with Crippen molar-refractivity contribution in [3.05, 3.63) is 0 Å². The van der Waals surface area contributed by atoms with E-state index in [1.165, 1.54) is 6.42 Å². The molecule has 0 aromatic carbocycles. The van der Waals surface area contributed by atoms with Crippen LogP contribution in [0.25, 0.3) is 0 Å². The second kappa shape index (κ2) is 7.00. The molecular weight excluding hydrogens is 214 g/mol. The Labute approximate surface area is 105 Å². The fourth-order valence-electron chi connectivity index (χ4n) is 2.78. The second-order valence-corrected chi connectivity index (χ2v) is 5.72. The Balaban J connectivity index is 2.24. The third-order valence-electron chi connectivity index (χ3n) is 4.11. The van der Waals surface area contributed by atoms with Crippen LogP contribution in [0.3, 0.4) is 0 Å². The van der Waals surface area contributed by atoms with Gasteiger partial charge in [-0.2, -0.15) is 0 Å². The molecule has 1 unspecified atom stereocenters. The van der Waals surface area contributed by atoms with Crippen molar-refractivity contribution in [1.29, 1.82) is 0 Å². The highest BCUT2D eigenvalue weighted by Crippen LogP contribution is 2.28. The van der Waals surface area contributed by atoms with Gasteiger partial charge in [0.2, 0.25) is 0 Å². The maximum absolute atomic E-state index is 10.8. The Bertz CT molecular complexity index is 232. The summed E-state index contributed by atoms with van der Waals surface area (Å²) >= 11 is 0. The van der Waals surface area contributed by atoms with Crippen molar-refractivity contribution in [3.8, 4) is 0 Å². The SMILES string of the molecule is CCC(NCC1CCC(C(=O)O)CC1)C(C)C. The highest BCUT2D eigenvalue weighted by molar-refractivity contribution is 5.69. The van der Waals surface area contributed by atoms with Crippen LogP contribution in [0.4, 0.5) is 0 Å². The lowest BCUT2D eigenvalue weighted by atomic mass is 9.82. The summed E-state index contributed by atoms with van der Waals surface area (Å²) in [6, 6.07) is 0.604. The number of nitrogens with one attached hydrogen (secondary N) is 1. The lowest BCUT2D eigenvalue weighted by Crippen LogP contribution is -2.38. The first-order valence-electron chi connectivity index (χ1n) is 7.00. The molecule has 0 aliphatic heterocycles. The molecule has 1 atom stereocenters. The molecule has 0 spiro atoms. The minimum absolute atomic E-state index is 0.0849. The molecule has 2 N–H and O–H groups in total. The molecule has 1 fully saturated rings. The van der Waals surface area contributed by atoms with Crippen molar-refractivity contribution in [1.82, 2.24) is 5.32 Å². The van der Waals surface area contributed by atoms with Crippen LogP contribution >= 0.6 is 0 Å². The van der Waals surface area contributed by atoms with Crippen LogP contribution in [0, 0.1) is 17.8 Å². The lowest BCUT2D eigenvalue weighted by molar-refractivity contribution is -0.143. The Hall–Kier alpha value is -0.570. The normalized spacial score (nSPS) is 27.1. The van der Waals surface area contributed by atoms with Crippen molar-refractivity contribution < 1.29 is 9.90 Å². The van der Waals surface area contributed by atoms with Gasteiger partial charge in [-0.3, -0.25) is 4.79 Å². The van der Waals surface area contributed by atoms with E-state index in [0.717, 1.165) is 32.2 Å². The monoisotopic (exact) mass is 241 g/mol. The average molecular weight is 241 g/mol. The number of hydrogen-bond donors (Lipinski definition) is 2. The minimum atomic E-state index is -0.606. The van der Waals surface area contributed by atoms with E-state index in [-0.39, 0.29) is 5.92 Å². The first kappa shape index (κ1) is 14.5. The molecule has 0 saturated heterocycles. The van der Waals surface area contributed by atoms with Crippen LogP contribution in [-0.4, -0.2) is 23.7 Å². The zero-order valence-corrected chi connectivity index (χ0v) is 11.4. The van der Waals surface area contributed by atoms with E-state index in [9.17, 15) is 4.79 Å². The average Bonchev–Trinajstić information content (AvgIpc) is 2.30. The quantitative estimate of drug-likeness (QED) is 0.751. The Morgan fingerprint density at radius 2 is 1.88 bits per heavy atom. The van der Waals surface area contributed by atoms with Crippen LogP contribution < -0.4 is 5.32 Å². The Morgan fingerprint density at radius 1 is 1.29 bits per heavy atom. The fraction of sp³-hybridized carbons (Fsp3) is 0.929. The van der Waals surface area contributed by atoms with Crippen LogP contribution in [0.1, 0.15) is 52.9 Å². The number of carbonyl (C=O) groups is 1.